The summed E-state index contributed by atoms with van der Waals surface area (Å²) in [6.45, 7) is 10.2. The summed E-state index contributed by atoms with van der Waals surface area (Å²) in [6.07, 6.45) is 29.7. The van der Waals surface area contributed by atoms with Crippen LogP contribution in [-0.4, -0.2) is 91.7 Å². The second kappa shape index (κ2) is 33.4. The maximum Gasteiger partial charge on any atom is 0.311 e. The van der Waals surface area contributed by atoms with Crippen LogP contribution in [0.3, 0.4) is 0 Å². The number of carbonyl (C=O) groups is 3. The number of hydrogen-bond donors (Lipinski definition) is 0. The molecule has 346 valence electrons. The maximum atomic E-state index is 12.5. The molecule has 0 aromatic heterocycles. The van der Waals surface area contributed by atoms with Crippen molar-refractivity contribution in [3.63, 3.8) is 0 Å². The molecule has 62 heavy (non-hydrogen) atoms. The molecule has 0 spiro atoms. The number of allylic oxidation sites excluding steroid dienone is 2. The fraction of sp³-hybridized carbons (Fsp3) is 0.679. The molecule has 2 saturated heterocycles. The van der Waals surface area contributed by atoms with Crippen LogP contribution in [0, 0.1) is 11.8 Å². The number of hydrogen-bond acceptors (Lipinski definition) is 9. The molecule has 2 aliphatic heterocycles. The topological polar surface area (TPSA) is 85.4 Å². The van der Waals surface area contributed by atoms with E-state index in [2.05, 4.69) is 40.6 Å². The van der Waals surface area contributed by atoms with Gasteiger partial charge in [0.2, 0.25) is 0 Å². The minimum atomic E-state index is -0.201. The first-order valence-electron chi connectivity index (χ1n) is 24.8. The number of likely N-dealkylation sites (tertiary alicyclic amines) is 2. The van der Waals surface area contributed by atoms with Crippen LogP contribution in [0.1, 0.15) is 153 Å². The maximum absolute atomic E-state index is 12.5. The third-order valence-electron chi connectivity index (χ3n) is 12.6. The molecule has 0 saturated carbocycles. The fourth-order valence-corrected chi connectivity index (χ4v) is 9.52. The first-order chi connectivity index (χ1) is 30.5. The van der Waals surface area contributed by atoms with Crippen LogP contribution in [0.25, 0.3) is 0 Å². The van der Waals surface area contributed by atoms with Crippen LogP contribution in [0.2, 0.25) is 0 Å². The van der Waals surface area contributed by atoms with Crippen molar-refractivity contribution in [1.82, 2.24) is 9.80 Å². The monoisotopic (exact) mass is 875 g/mol. The molecule has 0 atom stereocenters. The van der Waals surface area contributed by atoms with E-state index >= 15 is 0 Å². The summed E-state index contributed by atoms with van der Waals surface area (Å²) < 4.78 is 16.7. The van der Waals surface area contributed by atoms with Crippen LogP contribution in [0.4, 0.5) is 0 Å². The molecule has 0 bridgehead atoms. The molecule has 2 aromatic carbocycles. The Kier molecular flexibility index (Phi) is 27.7. The van der Waals surface area contributed by atoms with Crippen LogP contribution in [-0.2, 0) is 36.7 Å². The van der Waals surface area contributed by atoms with E-state index in [-0.39, 0.29) is 24.3 Å². The zero-order valence-electron chi connectivity index (χ0n) is 38.6. The van der Waals surface area contributed by atoms with Gasteiger partial charge in [-0.2, -0.15) is 11.8 Å². The molecule has 0 amide bonds. The molecule has 8 nitrogen and oxygen atoms in total. The van der Waals surface area contributed by atoms with Crippen LogP contribution in [0.15, 0.2) is 66.7 Å². The second-order valence-electron chi connectivity index (χ2n) is 17.8. The highest BCUT2D eigenvalue weighted by atomic mass is 32.2. The molecule has 0 N–H and O–H groups in total. The highest BCUT2D eigenvalue weighted by Gasteiger charge is 2.21. The Balaban J connectivity index is 0.899. The Hall–Kier alpha value is -3.14. The Morgan fingerprint density at radius 2 is 1.10 bits per heavy atom. The van der Waals surface area contributed by atoms with Crippen LogP contribution >= 0.6 is 11.8 Å². The number of piperidine rings is 2. The molecule has 9 heteroatoms. The summed E-state index contributed by atoms with van der Waals surface area (Å²) >= 11 is 2.08. The first-order valence-corrected chi connectivity index (χ1v) is 25.9. The lowest BCUT2D eigenvalue weighted by molar-refractivity contribution is -0.144. The van der Waals surface area contributed by atoms with E-state index in [1.807, 2.05) is 42.5 Å². The number of ether oxygens (including phenoxy) is 3. The average molecular weight is 875 g/mol. The van der Waals surface area contributed by atoms with Crippen molar-refractivity contribution in [1.29, 1.82) is 0 Å². The molecule has 2 heterocycles. The predicted molar refractivity (Wildman–Crippen MR) is 257 cm³/mol. The first kappa shape index (κ1) is 51.5. The molecular weight excluding hydrogens is 793 g/mol. The smallest absolute Gasteiger partial charge is 0.311 e. The second-order valence-corrected chi connectivity index (χ2v) is 19.1. The summed E-state index contributed by atoms with van der Waals surface area (Å²) in [5.41, 5.74) is 1.88. The fourth-order valence-electron chi connectivity index (χ4n) is 8.59. The highest BCUT2D eigenvalue weighted by molar-refractivity contribution is 7.99. The summed E-state index contributed by atoms with van der Waals surface area (Å²) in [6, 6.07) is 17.1. The summed E-state index contributed by atoms with van der Waals surface area (Å²) in [5, 5.41) is 0. The van der Waals surface area contributed by atoms with Crippen molar-refractivity contribution < 1.29 is 28.6 Å². The minimum absolute atomic E-state index is 0.122. The largest absolute Gasteiger partial charge is 0.465 e. The van der Waals surface area contributed by atoms with E-state index in [4.69, 9.17) is 14.2 Å². The lowest BCUT2D eigenvalue weighted by Crippen LogP contribution is -2.36. The molecule has 4 rings (SSSR count). The van der Waals surface area contributed by atoms with Crippen molar-refractivity contribution in [3.8, 4) is 5.75 Å². The van der Waals surface area contributed by atoms with Gasteiger partial charge in [0.25, 0.3) is 0 Å². The van der Waals surface area contributed by atoms with Gasteiger partial charge < -0.3 is 24.0 Å². The number of thioether (sulfide) groups is 1. The normalized spacial score (nSPS) is 15.6. The van der Waals surface area contributed by atoms with Crippen LogP contribution < -0.4 is 4.74 Å². The predicted octanol–water partition coefficient (Wildman–Crippen LogP) is 11.8. The third-order valence-corrected chi connectivity index (χ3v) is 13.7. The Morgan fingerprint density at radius 3 is 1.68 bits per heavy atom. The Bertz CT molecular complexity index is 1490. The average Bonchev–Trinajstić information content (AvgIpc) is 3.28. The van der Waals surface area contributed by atoms with E-state index in [1.165, 1.54) is 108 Å². The summed E-state index contributed by atoms with van der Waals surface area (Å²) in [5.74, 6) is 3.70. The molecule has 0 radical (unpaired) electrons. The molecule has 2 aliphatic rings. The van der Waals surface area contributed by atoms with Gasteiger partial charge in [-0.05, 0) is 151 Å². The number of unbranched alkanes of at least 4 members (excludes halogenated alkanes) is 11. The van der Waals surface area contributed by atoms with E-state index in [1.54, 1.807) is 12.1 Å². The number of carbonyl (C=O) groups excluding carboxylic acids is 3. The number of nitrogens with zero attached hydrogens (tertiary/aromatic N) is 2. The SMILES string of the molecule is CCCCCCCC/C=C\CCCCCCCC(=O)Oc1ccc(CC(=O)OCCC2CCN(CCSCCCN3CCC(CCOC(=O)Cc4ccccc4)CC3)CC2)cc1. The van der Waals surface area contributed by atoms with Crippen molar-refractivity contribution in [2.45, 2.75) is 155 Å². The molecular formula is C53H82N2O6S. The van der Waals surface area contributed by atoms with E-state index in [9.17, 15) is 14.4 Å². The quantitative estimate of drug-likeness (QED) is 0.0301. The Morgan fingerprint density at radius 1 is 0.581 bits per heavy atom. The van der Waals surface area contributed by atoms with Gasteiger partial charge in [0, 0.05) is 18.7 Å². The molecule has 0 aliphatic carbocycles. The minimum Gasteiger partial charge on any atom is -0.465 e. The highest BCUT2D eigenvalue weighted by Crippen LogP contribution is 2.23. The van der Waals surface area contributed by atoms with Gasteiger partial charge in [-0.1, -0.05) is 113 Å². The van der Waals surface area contributed by atoms with E-state index in [0.717, 1.165) is 82.4 Å². The van der Waals surface area contributed by atoms with Crippen molar-refractivity contribution in [3.05, 3.63) is 77.9 Å². The summed E-state index contributed by atoms with van der Waals surface area (Å²) in [4.78, 5) is 42.2. The number of esters is 3. The zero-order chi connectivity index (χ0) is 43.7. The molecule has 0 unspecified atom stereocenters. The van der Waals surface area contributed by atoms with E-state index in [0.29, 0.717) is 43.6 Å². The standard InChI is InChI=1S/C53H82N2O6S/c1-2-3-4-5-6-7-8-9-10-11-12-13-14-15-19-23-51(56)61-50-26-24-49(25-27-50)45-53(58)60-41-33-47-30-37-55(38-31-47)39-43-62-42-20-34-54-35-28-46(29-36-54)32-40-59-52(57)44-48-21-17-16-18-22-48/h9-10,16-18,21-22,24-27,46-47H,2-8,11-15,19-20,23,28-45H2,1H3/b10-9-. The van der Waals surface area contributed by atoms with Gasteiger partial charge in [0.15, 0.2) is 0 Å². The van der Waals surface area contributed by atoms with Gasteiger partial charge >= 0.3 is 17.9 Å². The number of rotatable bonds is 33. The lowest BCUT2D eigenvalue weighted by atomic mass is 9.94. The third kappa shape index (κ3) is 24.6. The molecule has 2 fully saturated rings. The van der Waals surface area contributed by atoms with Gasteiger partial charge in [-0.15, -0.1) is 0 Å². The molecule has 2 aromatic rings. The van der Waals surface area contributed by atoms with Crippen molar-refractivity contribution in [2.24, 2.45) is 11.8 Å². The summed E-state index contributed by atoms with van der Waals surface area (Å²) in [7, 11) is 0. The van der Waals surface area contributed by atoms with Gasteiger partial charge in [0.05, 0.1) is 26.1 Å². The van der Waals surface area contributed by atoms with E-state index < -0.39 is 0 Å². The lowest BCUT2D eigenvalue weighted by Gasteiger charge is -2.32. The number of benzene rings is 2. The zero-order valence-corrected chi connectivity index (χ0v) is 39.4. The van der Waals surface area contributed by atoms with Crippen molar-refractivity contribution >= 4 is 29.7 Å². The van der Waals surface area contributed by atoms with Gasteiger partial charge in [0.1, 0.15) is 5.75 Å². The van der Waals surface area contributed by atoms with Gasteiger partial charge in [-0.3, -0.25) is 14.4 Å². The van der Waals surface area contributed by atoms with Crippen molar-refractivity contribution in [2.75, 3.05) is 64.0 Å². The Labute approximate surface area is 380 Å². The van der Waals surface area contributed by atoms with Crippen LogP contribution in [0.5, 0.6) is 5.75 Å². The van der Waals surface area contributed by atoms with Gasteiger partial charge in [-0.25, -0.2) is 0 Å².